The van der Waals surface area contributed by atoms with Crippen LogP contribution in [0.3, 0.4) is 0 Å². The fraction of sp³-hybridized carbons (Fsp3) is 0.500. The standard InChI is InChI=1S/C6H9NO2/c1-5-2-3-7(4-5)6(8)9/h4H,2-3H2,1H3,(H,8,9). The summed E-state index contributed by atoms with van der Waals surface area (Å²) >= 11 is 0. The molecule has 0 fully saturated rings. The van der Waals surface area contributed by atoms with E-state index in [1.54, 1.807) is 6.20 Å². The van der Waals surface area contributed by atoms with Crippen molar-refractivity contribution in [2.45, 2.75) is 13.3 Å². The molecule has 50 valence electrons. The summed E-state index contributed by atoms with van der Waals surface area (Å²) in [6.45, 7) is 2.56. The number of hydrogen-bond acceptors (Lipinski definition) is 1. The Morgan fingerprint density at radius 3 is 2.78 bits per heavy atom. The molecule has 0 unspecified atom stereocenters. The van der Waals surface area contributed by atoms with Gasteiger partial charge >= 0.3 is 6.09 Å². The highest BCUT2D eigenvalue weighted by Gasteiger charge is 2.13. The summed E-state index contributed by atoms with van der Waals surface area (Å²) in [6.07, 6.45) is 1.70. The Balaban J connectivity index is 2.57. The highest BCUT2D eigenvalue weighted by molar-refractivity contribution is 5.67. The van der Waals surface area contributed by atoms with Gasteiger partial charge in [0.2, 0.25) is 0 Å². The molecule has 1 amide bonds. The Kier molecular flexibility index (Phi) is 1.42. The van der Waals surface area contributed by atoms with Crippen LogP contribution in [0.2, 0.25) is 0 Å². The minimum absolute atomic E-state index is 0.626. The predicted octanol–water partition coefficient (Wildman–Crippen LogP) is 1.27. The average Bonchev–Trinajstić information content (AvgIpc) is 2.14. The van der Waals surface area contributed by atoms with Crippen LogP contribution >= 0.6 is 0 Å². The Labute approximate surface area is 53.6 Å². The quantitative estimate of drug-likeness (QED) is 0.532. The van der Waals surface area contributed by atoms with Crippen LogP contribution in [-0.2, 0) is 0 Å². The van der Waals surface area contributed by atoms with Crippen LogP contribution in [0.1, 0.15) is 13.3 Å². The maximum atomic E-state index is 10.2. The second-order valence-corrected chi connectivity index (χ2v) is 2.20. The molecular weight excluding hydrogens is 118 g/mol. The number of rotatable bonds is 0. The van der Waals surface area contributed by atoms with Gasteiger partial charge in [-0.2, -0.15) is 0 Å². The van der Waals surface area contributed by atoms with Crippen LogP contribution in [0.5, 0.6) is 0 Å². The lowest BCUT2D eigenvalue weighted by molar-refractivity contribution is 0.166. The van der Waals surface area contributed by atoms with Crippen LogP contribution in [0, 0.1) is 0 Å². The van der Waals surface area contributed by atoms with Crippen LogP contribution in [0.15, 0.2) is 11.8 Å². The largest absolute Gasteiger partial charge is 0.465 e. The lowest BCUT2D eigenvalue weighted by atomic mass is 10.3. The van der Waals surface area contributed by atoms with Crippen LogP contribution in [0.25, 0.3) is 0 Å². The lowest BCUT2D eigenvalue weighted by Gasteiger charge is -2.05. The number of hydrogen-bond donors (Lipinski definition) is 1. The smallest absolute Gasteiger partial charge is 0.411 e. The number of amides is 1. The third-order valence-electron chi connectivity index (χ3n) is 1.37. The SMILES string of the molecule is CC1=CN(C(=O)O)CC1. The molecule has 0 saturated carbocycles. The Hall–Kier alpha value is -0.990. The monoisotopic (exact) mass is 127 g/mol. The summed E-state index contributed by atoms with van der Waals surface area (Å²) in [5, 5.41) is 8.41. The fourth-order valence-corrected chi connectivity index (χ4v) is 0.843. The number of nitrogens with zero attached hydrogens (tertiary/aromatic N) is 1. The van der Waals surface area contributed by atoms with Gasteiger partial charge in [-0.25, -0.2) is 4.79 Å². The van der Waals surface area contributed by atoms with Gasteiger partial charge < -0.3 is 5.11 Å². The van der Waals surface area contributed by atoms with Crippen molar-refractivity contribution in [2.75, 3.05) is 6.54 Å². The van der Waals surface area contributed by atoms with Crippen molar-refractivity contribution < 1.29 is 9.90 Å². The molecule has 0 saturated heterocycles. The molecule has 0 bridgehead atoms. The first-order valence-electron chi connectivity index (χ1n) is 2.87. The first-order valence-corrected chi connectivity index (χ1v) is 2.87. The van der Waals surface area contributed by atoms with E-state index in [1.165, 1.54) is 4.90 Å². The molecule has 3 heteroatoms. The van der Waals surface area contributed by atoms with Crippen molar-refractivity contribution in [1.82, 2.24) is 4.90 Å². The van der Waals surface area contributed by atoms with Crippen LogP contribution in [0.4, 0.5) is 4.79 Å². The number of carboxylic acid groups (broad SMARTS) is 1. The molecule has 3 nitrogen and oxygen atoms in total. The Bertz CT molecular complexity index is 162. The fourth-order valence-electron chi connectivity index (χ4n) is 0.843. The molecule has 0 radical (unpaired) electrons. The minimum Gasteiger partial charge on any atom is -0.465 e. The van der Waals surface area contributed by atoms with E-state index >= 15 is 0 Å². The van der Waals surface area contributed by atoms with Crippen molar-refractivity contribution >= 4 is 6.09 Å². The molecule has 1 rings (SSSR count). The summed E-state index contributed by atoms with van der Waals surface area (Å²) in [4.78, 5) is 11.5. The molecule has 0 aromatic rings. The zero-order chi connectivity index (χ0) is 6.85. The second-order valence-electron chi connectivity index (χ2n) is 2.20. The van der Waals surface area contributed by atoms with Crippen molar-refractivity contribution in [3.8, 4) is 0 Å². The summed E-state index contributed by atoms with van der Waals surface area (Å²) in [6, 6.07) is 0. The van der Waals surface area contributed by atoms with E-state index in [-0.39, 0.29) is 0 Å². The van der Waals surface area contributed by atoms with Gasteiger partial charge in [-0.15, -0.1) is 0 Å². The third kappa shape index (κ3) is 1.22. The molecule has 0 aliphatic carbocycles. The summed E-state index contributed by atoms with van der Waals surface area (Å²) < 4.78 is 0. The predicted molar refractivity (Wildman–Crippen MR) is 33.1 cm³/mol. The Morgan fingerprint density at radius 2 is 2.56 bits per heavy atom. The molecular formula is C6H9NO2. The maximum absolute atomic E-state index is 10.2. The normalized spacial score (nSPS) is 17.9. The summed E-state index contributed by atoms with van der Waals surface area (Å²) in [7, 11) is 0. The molecule has 1 aliphatic rings. The van der Waals surface area contributed by atoms with Crippen molar-refractivity contribution in [3.63, 3.8) is 0 Å². The molecule has 1 aliphatic heterocycles. The van der Waals surface area contributed by atoms with E-state index in [0.717, 1.165) is 12.0 Å². The first-order chi connectivity index (χ1) is 4.20. The zero-order valence-corrected chi connectivity index (χ0v) is 5.29. The topological polar surface area (TPSA) is 40.5 Å². The van der Waals surface area contributed by atoms with Gasteiger partial charge in [-0.3, -0.25) is 4.90 Å². The summed E-state index contributed by atoms with van der Waals surface area (Å²) in [5.41, 5.74) is 1.14. The highest BCUT2D eigenvalue weighted by Crippen LogP contribution is 2.12. The van der Waals surface area contributed by atoms with Crippen molar-refractivity contribution in [3.05, 3.63) is 11.8 Å². The van der Waals surface area contributed by atoms with E-state index in [1.807, 2.05) is 6.92 Å². The maximum Gasteiger partial charge on any atom is 0.411 e. The summed E-state index contributed by atoms with van der Waals surface area (Å²) in [5.74, 6) is 0. The van der Waals surface area contributed by atoms with Gasteiger partial charge in [-0.05, 0) is 13.3 Å². The average molecular weight is 127 g/mol. The molecule has 0 aromatic heterocycles. The van der Waals surface area contributed by atoms with Gasteiger partial charge in [0.25, 0.3) is 0 Å². The van der Waals surface area contributed by atoms with E-state index in [2.05, 4.69) is 0 Å². The number of carbonyl (C=O) groups is 1. The van der Waals surface area contributed by atoms with Gasteiger partial charge in [0, 0.05) is 12.7 Å². The molecule has 9 heavy (non-hydrogen) atoms. The molecule has 1 heterocycles. The van der Waals surface area contributed by atoms with Gasteiger partial charge in [0.05, 0.1) is 0 Å². The highest BCUT2D eigenvalue weighted by atomic mass is 16.4. The first kappa shape index (κ1) is 6.13. The van der Waals surface area contributed by atoms with Crippen molar-refractivity contribution in [1.29, 1.82) is 0 Å². The van der Waals surface area contributed by atoms with Crippen LogP contribution in [-0.4, -0.2) is 22.6 Å². The second kappa shape index (κ2) is 2.09. The third-order valence-corrected chi connectivity index (χ3v) is 1.37. The van der Waals surface area contributed by atoms with Crippen LogP contribution < -0.4 is 0 Å². The van der Waals surface area contributed by atoms with Crippen molar-refractivity contribution in [2.24, 2.45) is 0 Å². The van der Waals surface area contributed by atoms with Gasteiger partial charge in [-0.1, -0.05) is 5.57 Å². The molecule has 0 spiro atoms. The van der Waals surface area contributed by atoms with E-state index in [0.29, 0.717) is 6.54 Å². The van der Waals surface area contributed by atoms with Gasteiger partial charge in [0.1, 0.15) is 0 Å². The van der Waals surface area contributed by atoms with E-state index < -0.39 is 6.09 Å². The molecule has 0 atom stereocenters. The van der Waals surface area contributed by atoms with Gasteiger partial charge in [0.15, 0.2) is 0 Å². The molecule has 0 aromatic carbocycles. The Morgan fingerprint density at radius 1 is 1.89 bits per heavy atom. The van der Waals surface area contributed by atoms with E-state index in [4.69, 9.17) is 5.11 Å². The minimum atomic E-state index is -0.855. The molecule has 1 N–H and O–H groups in total. The lowest BCUT2D eigenvalue weighted by Crippen LogP contribution is -2.20. The van der Waals surface area contributed by atoms with E-state index in [9.17, 15) is 4.79 Å². The zero-order valence-electron chi connectivity index (χ0n) is 5.29.